The highest BCUT2D eigenvalue weighted by Crippen LogP contribution is 2.35. The molecule has 1 amide bonds. The second-order valence-corrected chi connectivity index (χ2v) is 7.79. The van der Waals surface area contributed by atoms with Crippen LogP contribution < -0.4 is 5.32 Å². The second kappa shape index (κ2) is 8.16. The summed E-state index contributed by atoms with van der Waals surface area (Å²) in [5.41, 5.74) is 4.95. The van der Waals surface area contributed by atoms with Crippen LogP contribution in [0.2, 0.25) is 0 Å². The molecule has 0 saturated heterocycles. The lowest BCUT2D eigenvalue weighted by atomic mass is 10.0. The van der Waals surface area contributed by atoms with Gasteiger partial charge < -0.3 is 10.1 Å². The van der Waals surface area contributed by atoms with Crippen LogP contribution in [0.25, 0.3) is 28.2 Å². The lowest BCUT2D eigenvalue weighted by Gasteiger charge is -2.15. The van der Waals surface area contributed by atoms with Crippen LogP contribution in [0, 0.1) is 5.82 Å². The molecule has 34 heavy (non-hydrogen) atoms. The monoisotopic (exact) mass is 455 g/mol. The highest BCUT2D eigenvalue weighted by Gasteiger charge is 2.24. The summed E-state index contributed by atoms with van der Waals surface area (Å²) in [6.45, 7) is 1.61. The van der Waals surface area contributed by atoms with Gasteiger partial charge in [-0.3, -0.25) is 14.5 Å². The number of carbonyl (C=O) groups excluding carboxylic acids is 1. The van der Waals surface area contributed by atoms with E-state index >= 15 is 0 Å². The lowest BCUT2D eigenvalue weighted by Crippen LogP contribution is -2.17. The molecule has 1 aliphatic rings. The fraction of sp³-hybridized carbons (Fsp3) is 0.125. The molecule has 0 unspecified atom stereocenters. The summed E-state index contributed by atoms with van der Waals surface area (Å²) in [6, 6.07) is 13.2. The normalized spacial score (nSPS) is 13.1. The van der Waals surface area contributed by atoms with Crippen LogP contribution in [0.15, 0.2) is 67.1 Å². The number of benzene rings is 1. The maximum Gasteiger partial charge on any atom is 0.256 e. The number of aromatic nitrogens is 6. The molecule has 6 rings (SSSR count). The number of nitrogens with zero attached hydrogens (tertiary/aromatic N) is 6. The summed E-state index contributed by atoms with van der Waals surface area (Å²) in [5.74, 6) is -0.213. The van der Waals surface area contributed by atoms with Crippen molar-refractivity contribution >= 4 is 17.4 Å². The number of rotatable bonds is 4. The van der Waals surface area contributed by atoms with Gasteiger partial charge in [0.25, 0.3) is 5.91 Å². The van der Waals surface area contributed by atoms with Gasteiger partial charge in [0, 0.05) is 23.5 Å². The van der Waals surface area contributed by atoms with Crippen molar-refractivity contribution in [3.63, 3.8) is 0 Å². The molecule has 1 aromatic carbocycles. The average Bonchev–Trinajstić information content (AvgIpc) is 3.45. The van der Waals surface area contributed by atoms with Crippen molar-refractivity contribution in [3.8, 4) is 22.5 Å². The Bertz CT molecular complexity index is 1510. The number of halogens is 1. The van der Waals surface area contributed by atoms with Gasteiger partial charge in [0.15, 0.2) is 11.5 Å². The quantitative estimate of drug-likeness (QED) is 0.445. The molecule has 5 aromatic rings. The van der Waals surface area contributed by atoms with Gasteiger partial charge in [-0.1, -0.05) is 0 Å². The second-order valence-electron chi connectivity index (χ2n) is 7.79. The Kier molecular flexibility index (Phi) is 4.84. The smallest absolute Gasteiger partial charge is 0.256 e. The van der Waals surface area contributed by atoms with E-state index in [1.807, 2.05) is 16.8 Å². The number of ether oxygens (including phenoxy) is 1. The largest absolute Gasteiger partial charge is 0.373 e. The molecular weight excluding hydrogens is 437 g/mol. The van der Waals surface area contributed by atoms with Crippen molar-refractivity contribution in [1.29, 1.82) is 0 Å². The highest BCUT2D eigenvalue weighted by molar-refractivity contribution is 6.03. The van der Waals surface area contributed by atoms with Crippen LogP contribution >= 0.6 is 0 Å². The van der Waals surface area contributed by atoms with Crippen molar-refractivity contribution in [1.82, 2.24) is 29.4 Å². The van der Waals surface area contributed by atoms with Crippen molar-refractivity contribution in [2.45, 2.75) is 13.2 Å². The summed E-state index contributed by atoms with van der Waals surface area (Å²) >= 11 is 0. The van der Waals surface area contributed by atoms with Gasteiger partial charge in [-0.25, -0.2) is 13.9 Å². The van der Waals surface area contributed by atoms with E-state index in [0.29, 0.717) is 48.2 Å². The summed E-state index contributed by atoms with van der Waals surface area (Å²) in [5, 5.41) is 12.3. The predicted octanol–water partition coefficient (Wildman–Crippen LogP) is 3.58. The molecule has 0 saturated carbocycles. The Hall–Kier alpha value is -4.44. The highest BCUT2D eigenvalue weighted by atomic mass is 19.1. The third kappa shape index (κ3) is 3.59. The van der Waals surface area contributed by atoms with Crippen molar-refractivity contribution in [3.05, 3.63) is 84.2 Å². The van der Waals surface area contributed by atoms with E-state index in [1.54, 1.807) is 47.4 Å². The number of hydrogen-bond donors (Lipinski definition) is 1. The van der Waals surface area contributed by atoms with E-state index in [1.165, 1.54) is 12.1 Å². The molecule has 0 bridgehead atoms. The van der Waals surface area contributed by atoms with Crippen LogP contribution in [0.1, 0.15) is 16.1 Å². The van der Waals surface area contributed by atoms with Crippen LogP contribution in [-0.2, 0) is 17.9 Å². The first-order chi connectivity index (χ1) is 16.7. The molecule has 9 nitrogen and oxygen atoms in total. The first kappa shape index (κ1) is 20.2. The van der Waals surface area contributed by atoms with E-state index in [-0.39, 0.29) is 11.7 Å². The molecule has 168 valence electrons. The zero-order chi connectivity index (χ0) is 23.1. The molecule has 0 radical (unpaired) electrons. The standard InChI is InChI=1S/C24H18FN7O2/c25-17-3-1-15(2-4-17)23-22(19-14-34-12-11-31(19)30-23)18-5-6-21-27-20(13-32(21)29-18)28-24(33)16-7-9-26-10-8-16/h1-10,13H,11-12,14H2,(H,28,33). The number of amides is 1. The molecule has 5 heterocycles. The Morgan fingerprint density at radius 2 is 1.85 bits per heavy atom. The lowest BCUT2D eigenvalue weighted by molar-refractivity contribution is 0.0804. The van der Waals surface area contributed by atoms with Gasteiger partial charge in [0.05, 0.1) is 42.9 Å². The van der Waals surface area contributed by atoms with Crippen LogP contribution in [0.5, 0.6) is 0 Å². The topological polar surface area (TPSA) is 99.2 Å². The molecule has 0 fully saturated rings. The van der Waals surface area contributed by atoms with Gasteiger partial charge in [-0.2, -0.15) is 10.2 Å². The van der Waals surface area contributed by atoms with Crippen LogP contribution in [0.3, 0.4) is 0 Å². The Labute approximate surface area is 192 Å². The number of nitrogens with one attached hydrogen (secondary N) is 1. The van der Waals surface area contributed by atoms with E-state index in [4.69, 9.17) is 14.9 Å². The minimum absolute atomic E-state index is 0.285. The fourth-order valence-corrected chi connectivity index (χ4v) is 3.99. The third-order valence-corrected chi connectivity index (χ3v) is 5.62. The van der Waals surface area contributed by atoms with E-state index in [2.05, 4.69) is 15.3 Å². The molecule has 10 heteroatoms. The Balaban J connectivity index is 1.40. The van der Waals surface area contributed by atoms with Gasteiger partial charge in [-0.05, 0) is 48.5 Å². The number of hydrogen-bond acceptors (Lipinski definition) is 6. The maximum absolute atomic E-state index is 13.5. The average molecular weight is 455 g/mol. The molecule has 4 aromatic heterocycles. The predicted molar refractivity (Wildman–Crippen MR) is 121 cm³/mol. The van der Waals surface area contributed by atoms with Gasteiger partial charge in [-0.15, -0.1) is 0 Å². The van der Waals surface area contributed by atoms with Gasteiger partial charge in [0.2, 0.25) is 0 Å². The summed E-state index contributed by atoms with van der Waals surface area (Å²) < 4.78 is 22.7. The maximum atomic E-state index is 13.5. The summed E-state index contributed by atoms with van der Waals surface area (Å²) in [7, 11) is 0. The number of imidazole rings is 1. The minimum Gasteiger partial charge on any atom is -0.373 e. The Morgan fingerprint density at radius 1 is 1.03 bits per heavy atom. The summed E-state index contributed by atoms with van der Waals surface area (Å²) in [4.78, 5) is 20.8. The van der Waals surface area contributed by atoms with Crippen LogP contribution in [-0.4, -0.2) is 41.9 Å². The third-order valence-electron chi connectivity index (χ3n) is 5.62. The van der Waals surface area contributed by atoms with Gasteiger partial charge >= 0.3 is 0 Å². The molecule has 1 aliphatic heterocycles. The molecular formula is C24H18FN7O2. The first-order valence-corrected chi connectivity index (χ1v) is 10.7. The van der Waals surface area contributed by atoms with Crippen LogP contribution in [0.4, 0.5) is 10.2 Å². The number of carbonyl (C=O) groups is 1. The number of anilines is 1. The van der Waals surface area contributed by atoms with Crippen molar-refractivity contribution in [2.24, 2.45) is 0 Å². The van der Waals surface area contributed by atoms with E-state index in [0.717, 1.165) is 16.8 Å². The first-order valence-electron chi connectivity index (χ1n) is 10.7. The minimum atomic E-state index is -0.308. The van der Waals surface area contributed by atoms with E-state index in [9.17, 15) is 9.18 Å². The molecule has 1 N–H and O–H groups in total. The van der Waals surface area contributed by atoms with Gasteiger partial charge in [0.1, 0.15) is 11.5 Å². The zero-order valence-corrected chi connectivity index (χ0v) is 17.8. The Morgan fingerprint density at radius 3 is 2.68 bits per heavy atom. The fourth-order valence-electron chi connectivity index (χ4n) is 3.99. The molecule has 0 aliphatic carbocycles. The van der Waals surface area contributed by atoms with Crippen molar-refractivity contribution in [2.75, 3.05) is 11.9 Å². The van der Waals surface area contributed by atoms with E-state index < -0.39 is 0 Å². The number of fused-ring (bicyclic) bond motifs is 2. The molecule has 0 atom stereocenters. The zero-order valence-electron chi connectivity index (χ0n) is 17.8. The van der Waals surface area contributed by atoms with Crippen molar-refractivity contribution < 1.29 is 13.9 Å². The molecule has 0 spiro atoms. The number of pyridine rings is 1. The SMILES string of the molecule is O=C(Nc1cn2nc(-c3c(-c4ccc(F)cc4)nn4c3COCC4)ccc2n1)c1ccncc1. The summed E-state index contributed by atoms with van der Waals surface area (Å²) in [6.07, 6.45) is 4.77.